The highest BCUT2D eigenvalue weighted by Crippen LogP contribution is 2.46. The molecule has 1 aliphatic carbocycles. The SMILES string of the molecule is COC(=O)c1cc(F)c2c(c1)CCN([C@H]1CCN(C(=O)c3ccccc3)C3(CCC3)C1)C2. The highest BCUT2D eigenvalue weighted by atomic mass is 19.1. The summed E-state index contributed by atoms with van der Waals surface area (Å²) in [4.78, 5) is 29.6. The van der Waals surface area contributed by atoms with Crippen LogP contribution < -0.4 is 0 Å². The van der Waals surface area contributed by atoms with Gasteiger partial charge >= 0.3 is 5.97 Å². The lowest BCUT2D eigenvalue weighted by atomic mass is 9.68. The average Bonchev–Trinajstić information content (AvgIpc) is 2.82. The number of piperidine rings is 1. The summed E-state index contributed by atoms with van der Waals surface area (Å²) in [6.07, 6.45) is 5.80. The first kappa shape index (κ1) is 21.1. The highest BCUT2D eigenvalue weighted by Gasteiger charge is 2.49. The van der Waals surface area contributed by atoms with E-state index in [0.29, 0.717) is 24.6 Å². The topological polar surface area (TPSA) is 49.9 Å². The number of carbonyl (C=O) groups is 2. The van der Waals surface area contributed by atoms with E-state index in [1.807, 2.05) is 30.3 Å². The predicted octanol–water partition coefficient (Wildman–Crippen LogP) is 4.20. The zero-order valence-corrected chi connectivity index (χ0v) is 18.5. The molecule has 1 atom stereocenters. The van der Waals surface area contributed by atoms with Gasteiger partial charge in [0.1, 0.15) is 5.82 Å². The van der Waals surface area contributed by atoms with Crippen molar-refractivity contribution in [3.63, 3.8) is 0 Å². The molecule has 5 nitrogen and oxygen atoms in total. The molecule has 0 unspecified atom stereocenters. The van der Waals surface area contributed by atoms with E-state index in [4.69, 9.17) is 4.74 Å². The van der Waals surface area contributed by atoms with Crippen molar-refractivity contribution in [1.82, 2.24) is 9.80 Å². The monoisotopic (exact) mass is 436 g/mol. The molecule has 0 bridgehead atoms. The summed E-state index contributed by atoms with van der Waals surface area (Å²) in [6.45, 7) is 2.13. The minimum Gasteiger partial charge on any atom is -0.465 e. The molecule has 0 aromatic heterocycles. The maximum Gasteiger partial charge on any atom is 0.337 e. The van der Waals surface area contributed by atoms with Crippen LogP contribution in [0, 0.1) is 5.82 Å². The third-order valence-corrected chi connectivity index (χ3v) is 7.68. The zero-order chi connectivity index (χ0) is 22.3. The molecule has 168 valence electrons. The number of hydrogen-bond donors (Lipinski definition) is 0. The maximum atomic E-state index is 14.9. The Bertz CT molecular complexity index is 1030. The number of methoxy groups -OCH3 is 1. The molecule has 5 rings (SSSR count). The Morgan fingerprint density at radius 1 is 1.09 bits per heavy atom. The van der Waals surface area contributed by atoms with Gasteiger partial charge in [0.25, 0.3) is 5.91 Å². The van der Waals surface area contributed by atoms with Crippen LogP contribution in [0.25, 0.3) is 0 Å². The number of benzene rings is 2. The van der Waals surface area contributed by atoms with Gasteiger partial charge in [-0.05, 0) is 68.4 Å². The molecule has 1 amide bonds. The molecular weight excluding hydrogens is 407 g/mol. The van der Waals surface area contributed by atoms with Crippen LogP contribution in [0.15, 0.2) is 42.5 Å². The molecule has 1 saturated carbocycles. The van der Waals surface area contributed by atoms with E-state index < -0.39 is 5.97 Å². The molecule has 2 aromatic rings. The Balaban J connectivity index is 1.33. The van der Waals surface area contributed by atoms with Gasteiger partial charge in [-0.25, -0.2) is 9.18 Å². The number of carbonyl (C=O) groups excluding carboxylic acids is 2. The Morgan fingerprint density at radius 3 is 2.56 bits per heavy atom. The fraction of sp³-hybridized carbons (Fsp3) is 0.462. The van der Waals surface area contributed by atoms with Crippen molar-refractivity contribution in [2.45, 2.75) is 56.7 Å². The second-order valence-corrected chi connectivity index (χ2v) is 9.36. The number of halogens is 1. The number of rotatable bonds is 3. The molecule has 2 fully saturated rings. The second kappa shape index (κ2) is 8.32. The van der Waals surface area contributed by atoms with Gasteiger partial charge in [-0.15, -0.1) is 0 Å². The Kier molecular flexibility index (Phi) is 5.49. The van der Waals surface area contributed by atoms with Crippen LogP contribution >= 0.6 is 0 Å². The van der Waals surface area contributed by atoms with Gasteiger partial charge in [-0.3, -0.25) is 9.69 Å². The first-order valence-corrected chi connectivity index (χ1v) is 11.5. The van der Waals surface area contributed by atoms with Crippen molar-refractivity contribution < 1.29 is 18.7 Å². The first-order chi connectivity index (χ1) is 15.5. The molecule has 2 heterocycles. The van der Waals surface area contributed by atoms with Gasteiger partial charge in [0.05, 0.1) is 12.7 Å². The van der Waals surface area contributed by atoms with Crippen molar-refractivity contribution in [3.8, 4) is 0 Å². The summed E-state index contributed by atoms with van der Waals surface area (Å²) in [5.74, 6) is -0.701. The van der Waals surface area contributed by atoms with Gasteiger partial charge in [-0.2, -0.15) is 0 Å². The molecule has 6 heteroatoms. The lowest BCUT2D eigenvalue weighted by Crippen LogP contribution is -2.63. The molecule has 32 heavy (non-hydrogen) atoms. The van der Waals surface area contributed by atoms with Crippen molar-refractivity contribution in [2.24, 2.45) is 0 Å². The fourth-order valence-electron chi connectivity index (χ4n) is 5.78. The molecule has 2 aliphatic heterocycles. The number of esters is 1. The third-order valence-electron chi connectivity index (χ3n) is 7.68. The number of hydrogen-bond acceptors (Lipinski definition) is 4. The van der Waals surface area contributed by atoms with E-state index in [2.05, 4.69) is 9.80 Å². The number of amides is 1. The number of nitrogens with zero attached hydrogens (tertiary/aromatic N) is 2. The number of likely N-dealkylation sites (tertiary alicyclic amines) is 1. The van der Waals surface area contributed by atoms with E-state index in [9.17, 15) is 14.0 Å². The molecular formula is C26H29FN2O3. The van der Waals surface area contributed by atoms with E-state index in [0.717, 1.165) is 56.3 Å². The summed E-state index contributed by atoms with van der Waals surface area (Å²) in [7, 11) is 1.31. The number of fused-ring (bicyclic) bond motifs is 1. The normalized spacial score (nSPS) is 22.2. The standard InChI is InChI=1S/C26H29FN2O3/c1-32-25(31)20-14-19-8-12-28(17-22(19)23(27)15-20)21-9-13-29(26(16-21)10-5-11-26)24(30)18-6-3-2-4-7-18/h2-4,6-7,14-15,21H,5,8-13,16-17H2,1H3/t21-/m0/s1. The van der Waals surface area contributed by atoms with Crippen LogP contribution in [0.3, 0.4) is 0 Å². The molecule has 1 spiro atoms. The Morgan fingerprint density at radius 2 is 1.88 bits per heavy atom. The van der Waals surface area contributed by atoms with Gasteiger partial charge in [0, 0.05) is 42.3 Å². The van der Waals surface area contributed by atoms with Gasteiger partial charge in [0.15, 0.2) is 0 Å². The van der Waals surface area contributed by atoms with Crippen molar-refractivity contribution in [3.05, 3.63) is 70.5 Å². The van der Waals surface area contributed by atoms with Crippen molar-refractivity contribution >= 4 is 11.9 Å². The van der Waals surface area contributed by atoms with Crippen LogP contribution in [0.1, 0.15) is 63.9 Å². The zero-order valence-electron chi connectivity index (χ0n) is 18.5. The summed E-state index contributed by atoms with van der Waals surface area (Å²) < 4.78 is 19.6. The summed E-state index contributed by atoms with van der Waals surface area (Å²) in [5, 5.41) is 0. The van der Waals surface area contributed by atoms with Gasteiger partial charge in [-0.1, -0.05) is 18.2 Å². The smallest absolute Gasteiger partial charge is 0.337 e. The highest BCUT2D eigenvalue weighted by molar-refractivity contribution is 5.95. The summed E-state index contributed by atoms with van der Waals surface area (Å²) >= 11 is 0. The van der Waals surface area contributed by atoms with E-state index in [1.165, 1.54) is 13.2 Å². The van der Waals surface area contributed by atoms with Crippen molar-refractivity contribution in [1.29, 1.82) is 0 Å². The quantitative estimate of drug-likeness (QED) is 0.677. The van der Waals surface area contributed by atoms with Crippen LogP contribution in [-0.2, 0) is 17.7 Å². The number of ether oxygens (including phenoxy) is 1. The minimum atomic E-state index is -0.503. The Labute approximate surface area is 188 Å². The average molecular weight is 437 g/mol. The van der Waals surface area contributed by atoms with Crippen LogP contribution in [0.4, 0.5) is 4.39 Å². The molecule has 2 aromatic carbocycles. The lowest BCUT2D eigenvalue weighted by Gasteiger charge is -2.57. The van der Waals surface area contributed by atoms with Crippen LogP contribution in [0.5, 0.6) is 0 Å². The first-order valence-electron chi connectivity index (χ1n) is 11.5. The van der Waals surface area contributed by atoms with E-state index in [1.54, 1.807) is 6.07 Å². The summed E-state index contributed by atoms with van der Waals surface area (Å²) in [5.41, 5.74) is 2.56. The van der Waals surface area contributed by atoms with E-state index in [-0.39, 0.29) is 22.8 Å². The fourth-order valence-corrected chi connectivity index (χ4v) is 5.78. The van der Waals surface area contributed by atoms with Crippen LogP contribution in [-0.4, -0.2) is 53.5 Å². The van der Waals surface area contributed by atoms with Crippen molar-refractivity contribution in [2.75, 3.05) is 20.2 Å². The van der Waals surface area contributed by atoms with E-state index >= 15 is 0 Å². The molecule has 0 radical (unpaired) electrons. The molecule has 3 aliphatic rings. The maximum absolute atomic E-state index is 14.9. The predicted molar refractivity (Wildman–Crippen MR) is 119 cm³/mol. The Hall–Kier alpha value is -2.73. The lowest BCUT2D eigenvalue weighted by molar-refractivity contribution is -0.0381. The van der Waals surface area contributed by atoms with Gasteiger partial charge < -0.3 is 9.64 Å². The van der Waals surface area contributed by atoms with Crippen LogP contribution in [0.2, 0.25) is 0 Å². The van der Waals surface area contributed by atoms with Gasteiger partial charge in [0.2, 0.25) is 0 Å². The summed E-state index contributed by atoms with van der Waals surface area (Å²) in [6, 6.07) is 13.0. The minimum absolute atomic E-state index is 0.0661. The molecule has 1 saturated heterocycles. The largest absolute Gasteiger partial charge is 0.465 e. The second-order valence-electron chi connectivity index (χ2n) is 9.36. The third kappa shape index (κ3) is 3.60. The molecule has 0 N–H and O–H groups in total.